The summed E-state index contributed by atoms with van der Waals surface area (Å²) >= 11 is 13.6. The lowest BCUT2D eigenvalue weighted by Gasteiger charge is -2.28. The molecule has 13 heteroatoms. The lowest BCUT2D eigenvalue weighted by Crippen LogP contribution is -2.27. The van der Waals surface area contributed by atoms with E-state index < -0.39 is 17.1 Å². The maximum Gasteiger partial charge on any atom is 0.336 e. The molecule has 59 heavy (non-hydrogen) atoms. The Bertz CT molecular complexity index is 2690. The molecule has 2 aliphatic rings. The van der Waals surface area contributed by atoms with E-state index in [-0.39, 0.29) is 51.2 Å². The van der Waals surface area contributed by atoms with Gasteiger partial charge in [0.05, 0.1) is 38.9 Å². The Morgan fingerprint density at radius 1 is 0.610 bits per heavy atom. The number of halogens is 2. The normalized spacial score (nSPS) is 11.5. The molecule has 1 N–H and O–H groups in total. The summed E-state index contributed by atoms with van der Waals surface area (Å²) in [6.45, 7) is 1.44. The molecule has 294 valence electrons. The first-order chi connectivity index (χ1) is 28.7. The fourth-order valence-electron chi connectivity index (χ4n) is 7.32. The first kappa shape index (κ1) is 39.3. The van der Waals surface area contributed by atoms with Crippen molar-refractivity contribution in [2.45, 2.75) is 39.3 Å². The third-order valence-electron chi connectivity index (χ3n) is 9.94. The standard InChI is InChI=1S/C46H36Cl2N6O5/c47-39-21-35-41(33-15-1-2-16-34(33)46(57)58)36-22-40(48)43(56)38(28-54(25-31-13-5-9-19-51-31)26-32-14-6-10-20-52-32)45(36)59-44(35)37(42(39)55)27-53(23-29-11-3-7-17-49-29)24-30-12-4-8-18-50-30/h1-22,55H,23-28H2,(H,57,58)/p-1. The molecule has 6 aromatic rings. The van der Waals surface area contributed by atoms with Crippen LogP contribution in [0.3, 0.4) is 0 Å². The van der Waals surface area contributed by atoms with Gasteiger partial charge in [0.25, 0.3) is 0 Å². The molecule has 2 aromatic carbocycles. The first-order valence-electron chi connectivity index (χ1n) is 18.7. The highest BCUT2D eigenvalue weighted by molar-refractivity contribution is 6.33. The van der Waals surface area contributed by atoms with Crippen molar-refractivity contribution in [2.75, 3.05) is 0 Å². The van der Waals surface area contributed by atoms with E-state index in [1.165, 1.54) is 18.2 Å². The van der Waals surface area contributed by atoms with Gasteiger partial charge in [0.2, 0.25) is 5.43 Å². The summed E-state index contributed by atoms with van der Waals surface area (Å²) in [5, 5.41) is 25.0. The van der Waals surface area contributed by atoms with Crippen molar-refractivity contribution >= 4 is 40.1 Å². The average molecular weight is 823 g/mol. The zero-order chi connectivity index (χ0) is 40.9. The molecule has 4 aromatic heterocycles. The van der Waals surface area contributed by atoms with Crippen LogP contribution in [-0.2, 0) is 39.3 Å². The molecular formula is C46H35Cl2N6O5-. The van der Waals surface area contributed by atoms with E-state index in [2.05, 4.69) is 19.9 Å². The molecular weight excluding hydrogens is 787 g/mol. The fraction of sp³-hybridized carbons (Fsp3) is 0.130. The second-order valence-corrected chi connectivity index (χ2v) is 14.8. The molecule has 11 nitrogen and oxygen atoms in total. The van der Waals surface area contributed by atoms with E-state index in [0.717, 1.165) is 22.8 Å². The minimum atomic E-state index is -1.17. The van der Waals surface area contributed by atoms with E-state index in [9.17, 15) is 19.8 Å². The minimum Gasteiger partial charge on any atom is -0.871 e. The van der Waals surface area contributed by atoms with Gasteiger partial charge in [-0.05, 0) is 72.3 Å². The van der Waals surface area contributed by atoms with Crippen LogP contribution in [0.5, 0.6) is 5.75 Å². The monoisotopic (exact) mass is 821 g/mol. The number of rotatable bonds is 14. The van der Waals surface area contributed by atoms with Crippen LogP contribution in [0, 0.1) is 0 Å². The topological polar surface area (TPSA) is 149 Å². The van der Waals surface area contributed by atoms with Crippen LogP contribution in [0.1, 0.15) is 44.3 Å². The van der Waals surface area contributed by atoms with Gasteiger partial charge in [-0.1, -0.05) is 71.4 Å². The molecule has 0 fully saturated rings. The lowest BCUT2D eigenvalue weighted by atomic mass is 9.88. The maximum atomic E-state index is 14.3. The van der Waals surface area contributed by atoms with Gasteiger partial charge in [0, 0.05) is 91.2 Å². The Morgan fingerprint density at radius 3 is 1.56 bits per heavy atom. The van der Waals surface area contributed by atoms with Crippen molar-refractivity contribution in [2.24, 2.45) is 0 Å². The van der Waals surface area contributed by atoms with Crippen molar-refractivity contribution in [3.63, 3.8) is 0 Å². The molecule has 0 saturated carbocycles. The summed E-state index contributed by atoms with van der Waals surface area (Å²) in [6.07, 6.45) is 6.81. The number of carbonyl (C=O) groups is 1. The van der Waals surface area contributed by atoms with Gasteiger partial charge >= 0.3 is 5.97 Å². The van der Waals surface area contributed by atoms with Crippen LogP contribution < -0.4 is 10.5 Å². The average Bonchev–Trinajstić information content (AvgIpc) is 3.25. The maximum absolute atomic E-state index is 14.3. The van der Waals surface area contributed by atoms with Gasteiger partial charge < -0.3 is 14.6 Å². The molecule has 5 heterocycles. The van der Waals surface area contributed by atoms with Crippen LogP contribution in [0.25, 0.3) is 33.4 Å². The van der Waals surface area contributed by atoms with E-state index in [1.54, 1.807) is 43.0 Å². The lowest BCUT2D eigenvalue weighted by molar-refractivity contribution is -0.269. The Morgan fingerprint density at radius 2 is 1.08 bits per heavy atom. The highest BCUT2D eigenvalue weighted by atomic mass is 35.5. The van der Waals surface area contributed by atoms with Gasteiger partial charge in [-0.2, -0.15) is 0 Å². The largest absolute Gasteiger partial charge is 0.871 e. The highest BCUT2D eigenvalue weighted by Crippen LogP contribution is 2.47. The van der Waals surface area contributed by atoms with Crippen LogP contribution in [0.2, 0.25) is 10.0 Å². The van der Waals surface area contributed by atoms with Crippen LogP contribution in [0.15, 0.2) is 143 Å². The van der Waals surface area contributed by atoms with Crippen LogP contribution >= 0.6 is 23.2 Å². The van der Waals surface area contributed by atoms with Crippen molar-refractivity contribution in [1.82, 2.24) is 29.7 Å². The second-order valence-electron chi connectivity index (χ2n) is 14.0. The fourth-order valence-corrected chi connectivity index (χ4v) is 7.76. The van der Waals surface area contributed by atoms with E-state index in [1.807, 2.05) is 82.6 Å². The van der Waals surface area contributed by atoms with E-state index >= 15 is 0 Å². The number of aromatic nitrogens is 4. The van der Waals surface area contributed by atoms with Gasteiger partial charge in [0.15, 0.2) is 0 Å². The second kappa shape index (κ2) is 17.6. The molecule has 0 unspecified atom stereocenters. The van der Waals surface area contributed by atoms with Crippen molar-refractivity contribution in [3.8, 4) is 28.2 Å². The molecule has 1 aliphatic carbocycles. The number of carboxylic acid groups (broad SMARTS) is 1. The Balaban J connectivity index is 1.37. The SMILES string of the molecule is O=C(O)c1ccccc1-c1c2cc(Cl)c(=O)c(CN(Cc3ccccn3)Cc3ccccn3)c-2oc2c(CN(Cc3ccccn3)Cc3ccccn3)c([O-])c(Cl)cc12. The molecule has 0 radical (unpaired) electrons. The zero-order valence-corrected chi connectivity index (χ0v) is 33.0. The van der Waals surface area contributed by atoms with Gasteiger partial charge in [-0.3, -0.25) is 34.5 Å². The predicted molar refractivity (Wildman–Crippen MR) is 224 cm³/mol. The molecule has 8 rings (SSSR count). The predicted octanol–water partition coefficient (Wildman–Crippen LogP) is 8.63. The number of hydrogen-bond donors (Lipinski definition) is 1. The van der Waals surface area contributed by atoms with Crippen molar-refractivity contribution in [3.05, 3.63) is 194 Å². The molecule has 0 amide bonds. The van der Waals surface area contributed by atoms with E-state index in [0.29, 0.717) is 48.3 Å². The number of pyridine rings is 4. The molecule has 0 bridgehead atoms. The Kier molecular flexibility index (Phi) is 11.7. The minimum absolute atomic E-state index is 0.00657. The third-order valence-corrected chi connectivity index (χ3v) is 10.5. The Hall–Kier alpha value is -6.50. The van der Waals surface area contributed by atoms with Crippen LogP contribution in [-0.4, -0.2) is 40.8 Å². The quantitative estimate of drug-likeness (QED) is 0.105. The van der Waals surface area contributed by atoms with Crippen molar-refractivity contribution < 1.29 is 19.4 Å². The van der Waals surface area contributed by atoms with Gasteiger partial charge in [0.1, 0.15) is 11.3 Å². The number of benzene rings is 3. The van der Waals surface area contributed by atoms with Gasteiger partial charge in [-0.25, -0.2) is 4.79 Å². The molecule has 0 saturated heterocycles. The summed E-state index contributed by atoms with van der Waals surface area (Å²) in [5.41, 5.74) is 4.22. The number of aromatic carboxylic acids is 1. The van der Waals surface area contributed by atoms with Crippen LogP contribution in [0.4, 0.5) is 0 Å². The molecule has 1 aliphatic heterocycles. The number of nitrogens with zero attached hydrogens (tertiary/aromatic N) is 6. The molecule has 0 spiro atoms. The first-order valence-corrected chi connectivity index (χ1v) is 19.5. The summed E-state index contributed by atoms with van der Waals surface area (Å²) in [5.74, 6) is -1.50. The summed E-state index contributed by atoms with van der Waals surface area (Å²) in [4.78, 5) is 49.3. The zero-order valence-electron chi connectivity index (χ0n) is 31.5. The number of fused-ring (bicyclic) bond motifs is 2. The summed E-state index contributed by atoms with van der Waals surface area (Å²) in [6, 6.07) is 32.0. The van der Waals surface area contributed by atoms with E-state index in [4.69, 9.17) is 27.6 Å². The summed E-state index contributed by atoms with van der Waals surface area (Å²) < 4.78 is 6.86. The van der Waals surface area contributed by atoms with Gasteiger partial charge in [-0.15, -0.1) is 0 Å². The smallest absolute Gasteiger partial charge is 0.336 e. The number of hydrogen-bond acceptors (Lipinski definition) is 10. The molecule has 0 atom stereocenters. The highest BCUT2D eigenvalue weighted by Gasteiger charge is 2.29. The Labute approximate surface area is 349 Å². The van der Waals surface area contributed by atoms with Crippen molar-refractivity contribution in [1.29, 1.82) is 0 Å². The summed E-state index contributed by atoms with van der Waals surface area (Å²) in [7, 11) is 0. The number of carboxylic acids is 1. The third kappa shape index (κ3) is 8.69.